The monoisotopic (exact) mass is 315 g/mol. The first-order valence-electron chi connectivity index (χ1n) is 7.69. The van der Waals surface area contributed by atoms with Crippen LogP contribution in [0.25, 0.3) is 0 Å². The lowest BCUT2D eigenvalue weighted by molar-refractivity contribution is 0.0797. The van der Waals surface area contributed by atoms with E-state index in [0.29, 0.717) is 6.61 Å². The first kappa shape index (κ1) is 15.1. The lowest BCUT2D eigenvalue weighted by Crippen LogP contribution is -2.26. The molecule has 3 nitrogen and oxygen atoms in total. The molecule has 0 saturated carbocycles. The second-order valence-corrected chi connectivity index (χ2v) is 6.84. The average Bonchev–Trinajstić information content (AvgIpc) is 3.15. The van der Waals surface area contributed by atoms with E-state index in [4.69, 9.17) is 4.74 Å². The molecule has 3 rings (SSSR count). The molecule has 116 valence electrons. The highest BCUT2D eigenvalue weighted by Crippen LogP contribution is 2.22. The number of ether oxygens (including phenoxy) is 1. The number of likely N-dealkylation sites (tertiary alicyclic amines) is 1. The van der Waals surface area contributed by atoms with Crippen molar-refractivity contribution < 1.29 is 9.53 Å². The van der Waals surface area contributed by atoms with Crippen LogP contribution in [-0.4, -0.2) is 23.9 Å². The molecular formula is C18H21NO2S. The van der Waals surface area contributed by atoms with Gasteiger partial charge in [-0.25, -0.2) is 0 Å². The predicted octanol–water partition coefficient (Wildman–Crippen LogP) is 4.18. The van der Waals surface area contributed by atoms with E-state index in [1.807, 2.05) is 28.5 Å². The molecule has 0 unspecified atom stereocenters. The molecule has 1 amide bonds. The molecule has 4 heteroatoms. The number of benzene rings is 1. The van der Waals surface area contributed by atoms with E-state index < -0.39 is 0 Å². The third-order valence-electron chi connectivity index (χ3n) is 3.86. The maximum absolute atomic E-state index is 12.3. The van der Waals surface area contributed by atoms with Crippen LogP contribution in [0.2, 0.25) is 0 Å². The number of hydrogen-bond acceptors (Lipinski definition) is 3. The zero-order valence-electron chi connectivity index (χ0n) is 13.1. The third kappa shape index (κ3) is 3.50. The quantitative estimate of drug-likeness (QED) is 0.847. The molecule has 1 aromatic carbocycles. The zero-order valence-corrected chi connectivity index (χ0v) is 13.9. The minimum absolute atomic E-state index is 0.167. The molecule has 0 radical (unpaired) electrons. The van der Waals surface area contributed by atoms with Crippen molar-refractivity contribution in [3.8, 4) is 5.75 Å². The number of nitrogens with zero attached hydrogens (tertiary/aromatic N) is 1. The molecule has 1 saturated heterocycles. The minimum Gasteiger partial charge on any atom is -0.489 e. The van der Waals surface area contributed by atoms with Crippen LogP contribution in [-0.2, 0) is 6.61 Å². The number of aryl methyl sites for hydroxylation is 2. The molecule has 2 aromatic rings. The van der Waals surface area contributed by atoms with Crippen LogP contribution in [0.1, 0.15) is 39.2 Å². The largest absolute Gasteiger partial charge is 0.489 e. The smallest absolute Gasteiger partial charge is 0.263 e. The van der Waals surface area contributed by atoms with E-state index in [1.54, 1.807) is 0 Å². The van der Waals surface area contributed by atoms with Crippen molar-refractivity contribution in [2.24, 2.45) is 0 Å². The Labute approximate surface area is 135 Å². The van der Waals surface area contributed by atoms with Crippen molar-refractivity contribution in [1.82, 2.24) is 4.90 Å². The van der Waals surface area contributed by atoms with Gasteiger partial charge in [0.05, 0.1) is 4.88 Å². The molecule has 1 fully saturated rings. The molecule has 0 bridgehead atoms. The summed E-state index contributed by atoms with van der Waals surface area (Å²) in [7, 11) is 0. The summed E-state index contributed by atoms with van der Waals surface area (Å²) in [5.41, 5.74) is 3.46. The number of hydrogen-bond donors (Lipinski definition) is 0. The maximum Gasteiger partial charge on any atom is 0.263 e. The topological polar surface area (TPSA) is 29.5 Å². The van der Waals surface area contributed by atoms with Gasteiger partial charge >= 0.3 is 0 Å². The van der Waals surface area contributed by atoms with Gasteiger partial charge in [0.2, 0.25) is 0 Å². The first-order valence-corrected chi connectivity index (χ1v) is 8.57. The number of rotatable bonds is 4. The van der Waals surface area contributed by atoms with Gasteiger partial charge in [0.25, 0.3) is 5.91 Å². The zero-order chi connectivity index (χ0) is 15.5. The standard InChI is InChI=1S/C18H21NO2S/c1-13-7-14(2)9-16(8-13)21-11-15-10-17(22-12-15)18(20)19-5-3-4-6-19/h7-10,12H,3-6,11H2,1-2H3. The predicted molar refractivity (Wildman–Crippen MR) is 89.7 cm³/mol. The Hall–Kier alpha value is -1.81. The summed E-state index contributed by atoms with van der Waals surface area (Å²) >= 11 is 1.51. The summed E-state index contributed by atoms with van der Waals surface area (Å²) in [5.74, 6) is 1.05. The van der Waals surface area contributed by atoms with Gasteiger partial charge in [-0.3, -0.25) is 4.79 Å². The molecule has 1 aliphatic rings. The Morgan fingerprint density at radius 3 is 2.50 bits per heavy atom. The van der Waals surface area contributed by atoms with Gasteiger partial charge in [-0.2, -0.15) is 0 Å². The summed E-state index contributed by atoms with van der Waals surface area (Å²) in [6.07, 6.45) is 2.25. The molecule has 0 atom stereocenters. The summed E-state index contributed by atoms with van der Waals surface area (Å²) < 4.78 is 5.85. The highest BCUT2D eigenvalue weighted by Gasteiger charge is 2.20. The molecular weight excluding hydrogens is 294 g/mol. The maximum atomic E-state index is 12.3. The van der Waals surface area contributed by atoms with Crippen molar-refractivity contribution in [2.45, 2.75) is 33.3 Å². The normalized spacial score (nSPS) is 14.4. The molecule has 0 aliphatic carbocycles. The molecule has 0 N–H and O–H groups in total. The van der Waals surface area contributed by atoms with Crippen LogP contribution < -0.4 is 4.74 Å². The van der Waals surface area contributed by atoms with E-state index in [2.05, 4.69) is 19.9 Å². The van der Waals surface area contributed by atoms with Crippen LogP contribution in [0.5, 0.6) is 5.75 Å². The van der Waals surface area contributed by atoms with E-state index in [0.717, 1.165) is 42.1 Å². The van der Waals surface area contributed by atoms with E-state index >= 15 is 0 Å². The van der Waals surface area contributed by atoms with Crippen molar-refractivity contribution in [2.75, 3.05) is 13.1 Å². The third-order valence-corrected chi connectivity index (χ3v) is 4.83. The molecule has 22 heavy (non-hydrogen) atoms. The van der Waals surface area contributed by atoms with Crippen LogP contribution in [0.3, 0.4) is 0 Å². The van der Waals surface area contributed by atoms with Crippen molar-refractivity contribution in [3.05, 3.63) is 51.2 Å². The Morgan fingerprint density at radius 1 is 1.14 bits per heavy atom. The Kier molecular flexibility index (Phi) is 4.48. The summed E-state index contributed by atoms with van der Waals surface area (Å²) in [6.45, 7) is 6.43. The van der Waals surface area contributed by atoms with Gasteiger partial charge in [0.1, 0.15) is 12.4 Å². The number of amides is 1. The summed E-state index contributed by atoms with van der Waals surface area (Å²) in [4.78, 5) is 15.1. The van der Waals surface area contributed by atoms with Gasteiger partial charge in [0, 0.05) is 18.7 Å². The second-order valence-electron chi connectivity index (χ2n) is 5.93. The van der Waals surface area contributed by atoms with E-state index in [-0.39, 0.29) is 5.91 Å². The number of carbonyl (C=O) groups is 1. The van der Waals surface area contributed by atoms with Crippen LogP contribution in [0, 0.1) is 13.8 Å². The van der Waals surface area contributed by atoms with E-state index in [1.165, 1.54) is 22.5 Å². The van der Waals surface area contributed by atoms with Gasteiger partial charge < -0.3 is 9.64 Å². The molecule has 1 aliphatic heterocycles. The lowest BCUT2D eigenvalue weighted by atomic mass is 10.1. The highest BCUT2D eigenvalue weighted by molar-refractivity contribution is 7.12. The van der Waals surface area contributed by atoms with Gasteiger partial charge in [-0.1, -0.05) is 6.07 Å². The van der Waals surface area contributed by atoms with E-state index in [9.17, 15) is 4.79 Å². The molecule has 0 spiro atoms. The fraction of sp³-hybridized carbons (Fsp3) is 0.389. The fourth-order valence-electron chi connectivity index (χ4n) is 2.82. The van der Waals surface area contributed by atoms with Crippen LogP contribution in [0.4, 0.5) is 0 Å². The molecule has 1 aromatic heterocycles. The summed E-state index contributed by atoms with van der Waals surface area (Å²) in [6, 6.07) is 8.17. The summed E-state index contributed by atoms with van der Waals surface area (Å²) in [5, 5.41) is 2.02. The van der Waals surface area contributed by atoms with Crippen molar-refractivity contribution in [3.63, 3.8) is 0 Å². The second kappa shape index (κ2) is 6.53. The lowest BCUT2D eigenvalue weighted by Gasteiger charge is -2.13. The average molecular weight is 315 g/mol. The van der Waals surface area contributed by atoms with Crippen LogP contribution in [0.15, 0.2) is 29.6 Å². The SMILES string of the molecule is Cc1cc(C)cc(OCc2csc(C(=O)N3CCCC3)c2)c1. The molecule has 2 heterocycles. The van der Waals surface area contributed by atoms with Crippen molar-refractivity contribution in [1.29, 1.82) is 0 Å². The highest BCUT2D eigenvalue weighted by atomic mass is 32.1. The van der Waals surface area contributed by atoms with Gasteiger partial charge in [0.15, 0.2) is 0 Å². The number of carbonyl (C=O) groups excluding carboxylic acids is 1. The first-order chi connectivity index (χ1) is 10.6. The van der Waals surface area contributed by atoms with Crippen LogP contribution >= 0.6 is 11.3 Å². The Bertz CT molecular complexity index is 651. The Balaban J connectivity index is 1.63. The Morgan fingerprint density at radius 2 is 1.82 bits per heavy atom. The van der Waals surface area contributed by atoms with Gasteiger partial charge in [-0.05, 0) is 61.4 Å². The number of thiophene rings is 1. The van der Waals surface area contributed by atoms with Crippen molar-refractivity contribution >= 4 is 17.2 Å². The minimum atomic E-state index is 0.167. The van der Waals surface area contributed by atoms with Gasteiger partial charge in [-0.15, -0.1) is 11.3 Å². The fourth-order valence-corrected chi connectivity index (χ4v) is 3.69.